The van der Waals surface area contributed by atoms with Crippen LogP contribution in [0.5, 0.6) is 0 Å². The minimum atomic E-state index is -3.88. The van der Waals surface area contributed by atoms with Gasteiger partial charge in [-0.3, -0.25) is 0 Å². The minimum Gasteiger partial charge on any atom is -0.390 e. The lowest BCUT2D eigenvalue weighted by Gasteiger charge is -2.11. The van der Waals surface area contributed by atoms with Gasteiger partial charge in [-0.1, -0.05) is 53.5 Å². The molecule has 0 saturated heterocycles. The van der Waals surface area contributed by atoms with Gasteiger partial charge < -0.3 is 5.11 Å². The van der Waals surface area contributed by atoms with Gasteiger partial charge in [0.1, 0.15) is 11.4 Å². The van der Waals surface area contributed by atoms with Gasteiger partial charge in [0.15, 0.2) is 0 Å². The number of halogens is 2. The Morgan fingerprint density at radius 2 is 1.68 bits per heavy atom. The zero-order chi connectivity index (χ0) is 18.0. The number of aliphatic hydroxyl groups excluding tert-OH is 1. The van der Waals surface area contributed by atoms with Crippen LogP contribution in [0, 0.1) is 0 Å². The summed E-state index contributed by atoms with van der Waals surface area (Å²) in [5.41, 5.74) is 1.06. The van der Waals surface area contributed by atoms with E-state index in [9.17, 15) is 13.5 Å². The summed E-state index contributed by atoms with van der Waals surface area (Å²) in [4.78, 5) is 3.48. The highest BCUT2D eigenvalue weighted by Crippen LogP contribution is 2.31. The first-order chi connectivity index (χ1) is 11.9. The quantitative estimate of drug-likeness (QED) is 0.691. The second-order valence-corrected chi connectivity index (χ2v) is 7.57. The van der Waals surface area contributed by atoms with Crippen LogP contribution in [0.4, 0.5) is 0 Å². The van der Waals surface area contributed by atoms with Crippen LogP contribution in [-0.2, 0) is 16.6 Å². The molecule has 0 atom stereocenters. The summed E-state index contributed by atoms with van der Waals surface area (Å²) >= 11 is 12.2. The number of rotatable bonds is 5. The largest absolute Gasteiger partial charge is 0.390 e. The first kappa shape index (κ1) is 17.8. The number of hydrogen-bond donors (Lipinski definition) is 2. The summed E-state index contributed by atoms with van der Waals surface area (Å²) in [5.74, 6) is 0. The van der Waals surface area contributed by atoms with Crippen molar-refractivity contribution in [3.63, 3.8) is 0 Å². The number of nitrogens with one attached hydrogen (secondary N) is 1. The van der Waals surface area contributed by atoms with Gasteiger partial charge in [-0.25, -0.2) is 0 Å². The molecule has 0 aliphatic heterocycles. The number of aromatic nitrogens is 2. The van der Waals surface area contributed by atoms with E-state index in [-0.39, 0.29) is 15.6 Å². The van der Waals surface area contributed by atoms with E-state index < -0.39 is 16.6 Å². The Kier molecular flexibility index (Phi) is 5.01. The number of hydrogen-bond acceptors (Lipinski definition) is 4. The van der Waals surface area contributed by atoms with E-state index in [4.69, 9.17) is 23.2 Å². The molecule has 0 bridgehead atoms. The molecule has 0 unspecified atom stereocenters. The monoisotopic (exact) mass is 397 g/mol. The Balaban J connectivity index is 2.09. The van der Waals surface area contributed by atoms with Crippen molar-refractivity contribution in [3.05, 3.63) is 70.3 Å². The van der Waals surface area contributed by atoms with Gasteiger partial charge in [-0.15, -0.1) is 0 Å². The topological polar surface area (TPSA) is 84.2 Å². The van der Waals surface area contributed by atoms with E-state index in [1.165, 1.54) is 12.1 Å². The molecule has 6 nitrogen and oxygen atoms in total. The Morgan fingerprint density at radius 3 is 2.28 bits per heavy atom. The average molecular weight is 398 g/mol. The predicted molar refractivity (Wildman–Crippen MR) is 96.6 cm³/mol. The van der Waals surface area contributed by atoms with Crippen LogP contribution in [0.3, 0.4) is 0 Å². The minimum absolute atomic E-state index is 0.0780. The van der Waals surface area contributed by atoms with Crippen molar-refractivity contribution in [1.82, 2.24) is 9.89 Å². The molecule has 0 spiro atoms. The SMILES string of the molecule is O=S(=O)(Nn1nc(CO)c(Cl)c1-c1ccc(Cl)cc1)c1ccccc1. The van der Waals surface area contributed by atoms with Crippen molar-refractivity contribution in [1.29, 1.82) is 0 Å². The van der Waals surface area contributed by atoms with Crippen molar-refractivity contribution in [3.8, 4) is 11.3 Å². The first-order valence-electron chi connectivity index (χ1n) is 7.14. The molecule has 9 heteroatoms. The van der Waals surface area contributed by atoms with Crippen LogP contribution in [0.1, 0.15) is 5.69 Å². The summed E-state index contributed by atoms with van der Waals surface area (Å²) in [6.45, 7) is -0.431. The molecule has 0 saturated carbocycles. The maximum atomic E-state index is 12.5. The Morgan fingerprint density at radius 1 is 1.04 bits per heavy atom. The fourth-order valence-electron chi connectivity index (χ4n) is 2.23. The van der Waals surface area contributed by atoms with E-state index in [0.717, 1.165) is 4.79 Å². The molecule has 3 rings (SSSR count). The third-order valence-electron chi connectivity index (χ3n) is 3.42. The summed E-state index contributed by atoms with van der Waals surface area (Å²) in [5, 5.41) is 14.1. The molecule has 0 amide bonds. The van der Waals surface area contributed by atoms with Crippen LogP contribution in [0.2, 0.25) is 10.0 Å². The van der Waals surface area contributed by atoms with E-state index in [2.05, 4.69) is 9.93 Å². The number of benzene rings is 2. The molecule has 130 valence electrons. The van der Waals surface area contributed by atoms with E-state index in [0.29, 0.717) is 16.3 Å². The summed E-state index contributed by atoms with van der Waals surface area (Å²) in [6.07, 6.45) is 0. The molecular weight excluding hydrogens is 385 g/mol. The highest BCUT2D eigenvalue weighted by atomic mass is 35.5. The fraction of sp³-hybridized carbons (Fsp3) is 0.0625. The van der Waals surface area contributed by atoms with Gasteiger partial charge in [0.05, 0.1) is 16.5 Å². The molecule has 0 aliphatic rings. The maximum absolute atomic E-state index is 12.5. The van der Waals surface area contributed by atoms with Crippen molar-refractivity contribution < 1.29 is 13.5 Å². The lowest BCUT2D eigenvalue weighted by Crippen LogP contribution is -2.25. The lowest BCUT2D eigenvalue weighted by molar-refractivity contribution is 0.276. The normalized spacial score (nSPS) is 11.5. The molecular formula is C16H13Cl2N3O3S. The highest BCUT2D eigenvalue weighted by molar-refractivity contribution is 7.92. The summed E-state index contributed by atoms with van der Waals surface area (Å²) < 4.78 is 25.1. The van der Waals surface area contributed by atoms with Crippen molar-refractivity contribution in [2.45, 2.75) is 11.5 Å². The molecule has 1 aromatic heterocycles. The standard InChI is InChI=1S/C16H13Cl2N3O3S/c17-12-8-6-11(7-9-12)16-15(18)14(10-22)19-21(16)20-25(23,24)13-4-2-1-3-5-13/h1-9,20,22H,10H2. The van der Waals surface area contributed by atoms with Crippen molar-refractivity contribution in [2.75, 3.05) is 4.83 Å². The maximum Gasteiger partial charge on any atom is 0.276 e. The lowest BCUT2D eigenvalue weighted by atomic mass is 10.1. The summed E-state index contributed by atoms with van der Waals surface area (Å²) in [7, 11) is -3.88. The summed E-state index contributed by atoms with van der Waals surface area (Å²) in [6, 6.07) is 14.5. The molecule has 3 aromatic rings. The van der Waals surface area contributed by atoms with Crippen LogP contribution < -0.4 is 4.83 Å². The molecule has 0 aliphatic carbocycles. The Bertz CT molecular complexity index is 987. The molecule has 1 heterocycles. The smallest absolute Gasteiger partial charge is 0.276 e. The van der Waals surface area contributed by atoms with E-state index >= 15 is 0 Å². The molecule has 2 aromatic carbocycles. The van der Waals surface area contributed by atoms with Crippen LogP contribution >= 0.6 is 23.2 Å². The third kappa shape index (κ3) is 3.64. The molecule has 25 heavy (non-hydrogen) atoms. The van der Waals surface area contributed by atoms with Crippen LogP contribution in [0.25, 0.3) is 11.3 Å². The highest BCUT2D eigenvalue weighted by Gasteiger charge is 2.22. The average Bonchev–Trinajstić information content (AvgIpc) is 2.91. The van der Waals surface area contributed by atoms with Gasteiger partial charge in [0.25, 0.3) is 10.0 Å². The first-order valence-corrected chi connectivity index (χ1v) is 9.38. The van der Waals surface area contributed by atoms with E-state index in [1.807, 2.05) is 0 Å². The van der Waals surface area contributed by atoms with Crippen LogP contribution in [0.15, 0.2) is 59.5 Å². The predicted octanol–water partition coefficient (Wildman–Crippen LogP) is 3.28. The Hall–Kier alpha value is -2.06. The van der Waals surface area contributed by atoms with Gasteiger partial charge in [0.2, 0.25) is 0 Å². The van der Waals surface area contributed by atoms with Gasteiger partial charge >= 0.3 is 0 Å². The van der Waals surface area contributed by atoms with Gasteiger partial charge in [-0.05, 0) is 24.3 Å². The van der Waals surface area contributed by atoms with Crippen molar-refractivity contribution >= 4 is 33.2 Å². The number of sulfonamides is 1. The fourth-order valence-corrected chi connectivity index (χ4v) is 3.63. The third-order valence-corrected chi connectivity index (χ3v) is 5.38. The van der Waals surface area contributed by atoms with Crippen LogP contribution in [-0.4, -0.2) is 23.4 Å². The van der Waals surface area contributed by atoms with Gasteiger partial charge in [0, 0.05) is 10.6 Å². The second-order valence-electron chi connectivity index (χ2n) is 5.09. The zero-order valence-corrected chi connectivity index (χ0v) is 15.1. The molecule has 0 fully saturated rings. The van der Waals surface area contributed by atoms with Gasteiger partial charge in [-0.2, -0.15) is 23.1 Å². The zero-order valence-electron chi connectivity index (χ0n) is 12.7. The molecule has 0 radical (unpaired) electrons. The number of nitrogens with zero attached hydrogens (tertiary/aromatic N) is 2. The van der Waals surface area contributed by atoms with E-state index in [1.54, 1.807) is 42.5 Å². The Labute approximate surface area is 154 Å². The number of aliphatic hydroxyl groups is 1. The van der Waals surface area contributed by atoms with Crippen molar-refractivity contribution in [2.24, 2.45) is 0 Å². The second kappa shape index (κ2) is 7.05. The molecule has 2 N–H and O–H groups in total.